The van der Waals surface area contributed by atoms with Crippen molar-refractivity contribution >= 4 is 17.5 Å². The third-order valence-electron chi connectivity index (χ3n) is 2.97. The molecule has 0 aromatic carbocycles. The number of rotatable bonds is 4. The first-order valence-corrected chi connectivity index (χ1v) is 6.38. The minimum absolute atomic E-state index is 0.0285. The zero-order chi connectivity index (χ0) is 13.8. The number of hydrogen-bond donors (Lipinski definition) is 3. The monoisotopic (exact) mass is 262 g/mol. The van der Waals surface area contributed by atoms with E-state index in [4.69, 9.17) is 0 Å². The molecule has 1 aliphatic heterocycles. The second-order valence-corrected chi connectivity index (χ2v) is 4.58. The maximum Gasteiger partial charge on any atom is 0.255 e. The first-order valence-electron chi connectivity index (χ1n) is 6.38. The molecule has 3 N–H and O–H groups in total. The van der Waals surface area contributed by atoms with E-state index in [0.717, 1.165) is 17.9 Å². The molecule has 1 unspecified atom stereocenters. The van der Waals surface area contributed by atoms with Crippen LogP contribution >= 0.6 is 0 Å². The van der Waals surface area contributed by atoms with Gasteiger partial charge >= 0.3 is 0 Å². The Morgan fingerprint density at radius 1 is 1.58 bits per heavy atom. The fourth-order valence-corrected chi connectivity index (χ4v) is 2.05. The zero-order valence-electron chi connectivity index (χ0n) is 11.1. The number of pyridine rings is 1. The number of nitrogens with one attached hydrogen (secondary N) is 3. The van der Waals surface area contributed by atoms with Gasteiger partial charge in [-0.05, 0) is 19.9 Å². The SMILES string of the molecule is CCNc1cc(C)ncc1C(=O)NC1CNC(=O)C1. The summed E-state index contributed by atoms with van der Waals surface area (Å²) in [7, 11) is 0. The van der Waals surface area contributed by atoms with Gasteiger partial charge in [0.2, 0.25) is 5.91 Å². The van der Waals surface area contributed by atoms with Crippen molar-refractivity contribution in [2.45, 2.75) is 26.3 Å². The quantitative estimate of drug-likeness (QED) is 0.735. The lowest BCUT2D eigenvalue weighted by molar-refractivity contribution is -0.119. The van der Waals surface area contributed by atoms with Crippen LogP contribution in [0.1, 0.15) is 29.4 Å². The summed E-state index contributed by atoms with van der Waals surface area (Å²) in [6.07, 6.45) is 1.90. The van der Waals surface area contributed by atoms with Crippen LogP contribution in [0, 0.1) is 6.92 Å². The molecule has 2 amide bonds. The molecule has 1 saturated heterocycles. The lowest BCUT2D eigenvalue weighted by Gasteiger charge is -2.14. The molecule has 0 saturated carbocycles. The number of amides is 2. The fourth-order valence-electron chi connectivity index (χ4n) is 2.05. The summed E-state index contributed by atoms with van der Waals surface area (Å²) in [5, 5.41) is 8.68. The molecule has 6 nitrogen and oxygen atoms in total. The van der Waals surface area contributed by atoms with Crippen molar-refractivity contribution in [3.8, 4) is 0 Å². The van der Waals surface area contributed by atoms with Gasteiger partial charge in [-0.2, -0.15) is 0 Å². The minimum Gasteiger partial charge on any atom is -0.385 e. The van der Waals surface area contributed by atoms with E-state index in [2.05, 4.69) is 20.9 Å². The predicted octanol–water partition coefficient (Wildman–Crippen LogP) is 0.440. The zero-order valence-corrected chi connectivity index (χ0v) is 11.1. The van der Waals surface area contributed by atoms with Gasteiger partial charge < -0.3 is 16.0 Å². The van der Waals surface area contributed by atoms with Crippen molar-refractivity contribution in [1.29, 1.82) is 0 Å². The summed E-state index contributed by atoms with van der Waals surface area (Å²) < 4.78 is 0. The van der Waals surface area contributed by atoms with Crippen molar-refractivity contribution in [3.63, 3.8) is 0 Å². The molecule has 0 radical (unpaired) electrons. The van der Waals surface area contributed by atoms with Crippen molar-refractivity contribution in [2.24, 2.45) is 0 Å². The van der Waals surface area contributed by atoms with Gasteiger partial charge in [-0.25, -0.2) is 0 Å². The molecule has 0 spiro atoms. The van der Waals surface area contributed by atoms with Gasteiger partial charge in [0, 0.05) is 31.4 Å². The topological polar surface area (TPSA) is 83.1 Å². The maximum absolute atomic E-state index is 12.2. The molecule has 0 bridgehead atoms. The lowest BCUT2D eigenvalue weighted by atomic mass is 10.1. The van der Waals surface area contributed by atoms with Crippen LogP contribution in [-0.2, 0) is 4.79 Å². The second kappa shape index (κ2) is 5.69. The third-order valence-corrected chi connectivity index (χ3v) is 2.97. The van der Waals surface area contributed by atoms with Crippen molar-refractivity contribution in [3.05, 3.63) is 23.5 Å². The highest BCUT2D eigenvalue weighted by Gasteiger charge is 2.24. The third kappa shape index (κ3) is 3.21. The molecular weight excluding hydrogens is 244 g/mol. The number of hydrogen-bond acceptors (Lipinski definition) is 4. The van der Waals surface area contributed by atoms with Crippen LogP contribution in [0.15, 0.2) is 12.3 Å². The summed E-state index contributed by atoms with van der Waals surface area (Å²) in [6.45, 7) is 5.06. The summed E-state index contributed by atoms with van der Waals surface area (Å²) in [4.78, 5) is 27.4. The number of aromatic nitrogens is 1. The number of carbonyl (C=O) groups is 2. The second-order valence-electron chi connectivity index (χ2n) is 4.58. The summed E-state index contributed by atoms with van der Waals surface area (Å²) in [6, 6.07) is 1.70. The largest absolute Gasteiger partial charge is 0.385 e. The molecule has 1 aliphatic rings. The van der Waals surface area contributed by atoms with Crippen LogP contribution in [0.25, 0.3) is 0 Å². The van der Waals surface area contributed by atoms with Gasteiger partial charge in [-0.15, -0.1) is 0 Å². The van der Waals surface area contributed by atoms with Gasteiger partial charge in [-0.1, -0.05) is 0 Å². The van der Waals surface area contributed by atoms with Crippen LogP contribution < -0.4 is 16.0 Å². The smallest absolute Gasteiger partial charge is 0.255 e. The van der Waals surface area contributed by atoms with Crippen LogP contribution in [0.4, 0.5) is 5.69 Å². The minimum atomic E-state index is -0.204. The summed E-state index contributed by atoms with van der Waals surface area (Å²) in [5.41, 5.74) is 2.13. The van der Waals surface area contributed by atoms with E-state index in [0.29, 0.717) is 18.5 Å². The van der Waals surface area contributed by atoms with E-state index in [1.54, 1.807) is 6.20 Å². The van der Waals surface area contributed by atoms with Crippen molar-refractivity contribution in [2.75, 3.05) is 18.4 Å². The Balaban J connectivity index is 2.11. The van der Waals surface area contributed by atoms with Crippen molar-refractivity contribution in [1.82, 2.24) is 15.6 Å². The molecule has 0 aliphatic carbocycles. The first kappa shape index (κ1) is 13.3. The fraction of sp³-hybridized carbons (Fsp3) is 0.462. The molecular formula is C13H18N4O2. The maximum atomic E-state index is 12.2. The summed E-state index contributed by atoms with van der Waals surface area (Å²) in [5.74, 6) is -0.232. The summed E-state index contributed by atoms with van der Waals surface area (Å²) >= 11 is 0. The molecule has 1 aromatic heterocycles. The molecule has 19 heavy (non-hydrogen) atoms. The number of anilines is 1. The van der Waals surface area contributed by atoms with Crippen LogP contribution in [-0.4, -0.2) is 35.9 Å². The Hall–Kier alpha value is -2.11. The normalized spacial score (nSPS) is 18.0. The van der Waals surface area contributed by atoms with E-state index in [1.165, 1.54) is 0 Å². The Morgan fingerprint density at radius 3 is 3.00 bits per heavy atom. The molecule has 2 rings (SSSR count). The highest BCUT2D eigenvalue weighted by atomic mass is 16.2. The first-order chi connectivity index (χ1) is 9.10. The number of carbonyl (C=O) groups excluding carboxylic acids is 2. The molecule has 102 valence electrons. The molecule has 1 aromatic rings. The highest BCUT2D eigenvalue weighted by molar-refractivity contribution is 6.00. The van der Waals surface area contributed by atoms with Crippen LogP contribution in [0.2, 0.25) is 0 Å². The van der Waals surface area contributed by atoms with Gasteiger partial charge in [0.05, 0.1) is 17.3 Å². The number of aryl methyl sites for hydroxylation is 1. The highest BCUT2D eigenvalue weighted by Crippen LogP contribution is 2.16. The van der Waals surface area contributed by atoms with E-state index in [-0.39, 0.29) is 17.9 Å². The van der Waals surface area contributed by atoms with Gasteiger partial charge in [0.15, 0.2) is 0 Å². The average molecular weight is 262 g/mol. The van der Waals surface area contributed by atoms with Gasteiger partial charge in [0.1, 0.15) is 0 Å². The Bertz CT molecular complexity index is 501. The van der Waals surface area contributed by atoms with E-state index < -0.39 is 0 Å². The van der Waals surface area contributed by atoms with Gasteiger partial charge in [0.25, 0.3) is 5.91 Å². The van der Waals surface area contributed by atoms with E-state index in [9.17, 15) is 9.59 Å². The molecule has 1 fully saturated rings. The van der Waals surface area contributed by atoms with Crippen LogP contribution in [0.3, 0.4) is 0 Å². The predicted molar refractivity (Wildman–Crippen MR) is 72.0 cm³/mol. The van der Waals surface area contributed by atoms with E-state index >= 15 is 0 Å². The van der Waals surface area contributed by atoms with E-state index in [1.807, 2.05) is 19.9 Å². The standard InChI is InChI=1S/C13H18N4O2/c1-3-14-11-4-8(2)15-7-10(11)13(19)17-9-5-12(18)16-6-9/h4,7,9H,3,5-6H2,1-2H3,(H,14,15)(H,16,18)(H,17,19). The molecule has 6 heteroatoms. The lowest BCUT2D eigenvalue weighted by Crippen LogP contribution is -2.36. The Kier molecular flexibility index (Phi) is 3.99. The number of nitrogens with zero attached hydrogens (tertiary/aromatic N) is 1. The Morgan fingerprint density at radius 2 is 2.37 bits per heavy atom. The Labute approximate surface area is 112 Å². The molecule has 1 atom stereocenters. The van der Waals surface area contributed by atoms with Gasteiger partial charge in [-0.3, -0.25) is 14.6 Å². The average Bonchev–Trinajstić information content (AvgIpc) is 2.75. The van der Waals surface area contributed by atoms with Crippen molar-refractivity contribution < 1.29 is 9.59 Å². The molecule has 2 heterocycles. The van der Waals surface area contributed by atoms with Crippen LogP contribution in [0.5, 0.6) is 0 Å².